The summed E-state index contributed by atoms with van der Waals surface area (Å²) in [6.45, 7) is 2.51. The van der Waals surface area contributed by atoms with Gasteiger partial charge in [-0.25, -0.2) is 8.42 Å². The highest BCUT2D eigenvalue weighted by Crippen LogP contribution is 2.21. The Morgan fingerprint density at radius 3 is 2.40 bits per heavy atom. The Morgan fingerprint density at radius 1 is 1.08 bits per heavy atom. The van der Waals surface area contributed by atoms with Gasteiger partial charge in [0.15, 0.2) is 0 Å². The van der Waals surface area contributed by atoms with Gasteiger partial charge in [0.05, 0.1) is 4.90 Å². The zero-order valence-electron chi connectivity index (χ0n) is 14.7. The van der Waals surface area contributed by atoms with Crippen LogP contribution in [-0.2, 0) is 21.2 Å². The van der Waals surface area contributed by atoms with Crippen molar-refractivity contribution in [3.8, 4) is 0 Å². The normalized spacial score (nSPS) is 15.9. The van der Waals surface area contributed by atoms with Crippen LogP contribution in [0.25, 0.3) is 0 Å². The van der Waals surface area contributed by atoms with Crippen molar-refractivity contribution < 1.29 is 13.2 Å². The number of piperidine rings is 1. The van der Waals surface area contributed by atoms with Crippen LogP contribution >= 0.6 is 0 Å². The van der Waals surface area contributed by atoms with Gasteiger partial charge in [-0.1, -0.05) is 18.6 Å². The van der Waals surface area contributed by atoms with Gasteiger partial charge >= 0.3 is 0 Å². The highest BCUT2D eigenvalue weighted by Gasteiger charge is 2.25. The molecule has 0 unspecified atom stereocenters. The molecule has 0 aromatic heterocycles. The lowest BCUT2D eigenvalue weighted by molar-refractivity contribution is -0.121. The summed E-state index contributed by atoms with van der Waals surface area (Å²) in [7, 11) is -3.38. The van der Waals surface area contributed by atoms with Crippen molar-refractivity contribution >= 4 is 15.9 Å². The van der Waals surface area contributed by atoms with Crippen LogP contribution in [0.4, 0.5) is 0 Å². The number of nitrogens with two attached hydrogens (primary N) is 1. The summed E-state index contributed by atoms with van der Waals surface area (Å²) < 4.78 is 26.7. The smallest absolute Gasteiger partial charge is 0.243 e. The molecule has 6 nitrogen and oxygen atoms in total. The maximum atomic E-state index is 12.6. The number of unbranched alkanes of at least 4 members (excludes halogenated alkanes) is 1. The quantitative estimate of drug-likeness (QED) is 0.649. The first-order chi connectivity index (χ1) is 12.0. The number of amides is 1. The first-order valence-corrected chi connectivity index (χ1v) is 10.5. The first-order valence-electron chi connectivity index (χ1n) is 9.10. The van der Waals surface area contributed by atoms with E-state index in [0.29, 0.717) is 43.9 Å². The molecule has 25 heavy (non-hydrogen) atoms. The second-order valence-corrected chi connectivity index (χ2v) is 8.39. The van der Waals surface area contributed by atoms with Gasteiger partial charge in [0.2, 0.25) is 15.9 Å². The van der Waals surface area contributed by atoms with Gasteiger partial charge in [0, 0.05) is 26.1 Å². The Balaban J connectivity index is 1.84. The van der Waals surface area contributed by atoms with Crippen molar-refractivity contribution in [1.29, 1.82) is 0 Å². The van der Waals surface area contributed by atoms with E-state index < -0.39 is 10.0 Å². The highest BCUT2D eigenvalue weighted by molar-refractivity contribution is 7.89. The average molecular weight is 368 g/mol. The standard InChI is InChI=1S/C18H29N3O3S/c19-12-2-3-13-20-18(22)11-8-16-6-9-17(10-7-16)25(23,24)21-14-4-1-5-15-21/h6-7,9-10H,1-5,8,11-15,19H2,(H,20,22). The first kappa shape index (κ1) is 19.9. The SMILES string of the molecule is NCCCCNC(=O)CCc1ccc(S(=O)(=O)N2CCCCC2)cc1. The molecule has 0 spiro atoms. The van der Waals surface area contributed by atoms with E-state index in [9.17, 15) is 13.2 Å². The van der Waals surface area contributed by atoms with Gasteiger partial charge < -0.3 is 11.1 Å². The molecule has 0 radical (unpaired) electrons. The minimum Gasteiger partial charge on any atom is -0.356 e. The number of carbonyl (C=O) groups is 1. The van der Waals surface area contributed by atoms with Crippen LogP contribution in [-0.4, -0.2) is 44.8 Å². The molecule has 0 atom stereocenters. The van der Waals surface area contributed by atoms with Crippen LogP contribution < -0.4 is 11.1 Å². The predicted molar refractivity (Wildman–Crippen MR) is 98.7 cm³/mol. The van der Waals surface area contributed by atoms with Gasteiger partial charge in [-0.15, -0.1) is 0 Å². The number of rotatable bonds is 9. The van der Waals surface area contributed by atoms with Crippen molar-refractivity contribution in [3.63, 3.8) is 0 Å². The third kappa shape index (κ3) is 6.09. The Labute approximate surface area is 150 Å². The van der Waals surface area contributed by atoms with E-state index in [1.807, 2.05) is 0 Å². The van der Waals surface area contributed by atoms with Crippen LogP contribution in [0, 0.1) is 0 Å². The fraction of sp³-hybridized carbons (Fsp3) is 0.611. The molecular weight excluding hydrogens is 338 g/mol. The minimum atomic E-state index is -3.38. The number of nitrogens with zero attached hydrogens (tertiary/aromatic N) is 1. The van der Waals surface area contributed by atoms with E-state index >= 15 is 0 Å². The molecule has 140 valence electrons. The van der Waals surface area contributed by atoms with Gasteiger partial charge in [0.1, 0.15) is 0 Å². The number of hydrogen-bond donors (Lipinski definition) is 2. The molecule has 3 N–H and O–H groups in total. The molecule has 1 amide bonds. The van der Waals surface area contributed by atoms with Crippen molar-refractivity contribution in [2.75, 3.05) is 26.2 Å². The van der Waals surface area contributed by atoms with E-state index in [1.54, 1.807) is 28.6 Å². The second kappa shape index (κ2) is 9.89. The summed E-state index contributed by atoms with van der Waals surface area (Å²) in [6.07, 6.45) is 5.76. The monoisotopic (exact) mass is 367 g/mol. The Kier molecular flexibility index (Phi) is 7.87. The van der Waals surface area contributed by atoms with Crippen molar-refractivity contribution in [3.05, 3.63) is 29.8 Å². The maximum absolute atomic E-state index is 12.6. The summed E-state index contributed by atoms with van der Waals surface area (Å²) in [5.74, 6) is 0.0158. The highest BCUT2D eigenvalue weighted by atomic mass is 32.2. The zero-order valence-corrected chi connectivity index (χ0v) is 15.6. The maximum Gasteiger partial charge on any atom is 0.243 e. The van der Waals surface area contributed by atoms with Crippen LogP contribution in [0.15, 0.2) is 29.2 Å². The lowest BCUT2D eigenvalue weighted by atomic mass is 10.1. The Morgan fingerprint density at radius 2 is 1.76 bits per heavy atom. The molecule has 1 aliphatic rings. The molecule has 2 rings (SSSR count). The van der Waals surface area contributed by atoms with E-state index in [-0.39, 0.29) is 5.91 Å². The van der Waals surface area contributed by atoms with Crippen LogP contribution in [0.1, 0.15) is 44.1 Å². The Bertz CT molecular complexity index is 638. The number of carbonyl (C=O) groups excluding carboxylic acids is 1. The largest absolute Gasteiger partial charge is 0.356 e. The molecule has 0 saturated carbocycles. The molecule has 7 heteroatoms. The second-order valence-electron chi connectivity index (χ2n) is 6.45. The zero-order chi connectivity index (χ0) is 18.1. The third-order valence-corrected chi connectivity index (χ3v) is 6.38. The molecule has 1 fully saturated rings. The number of hydrogen-bond acceptors (Lipinski definition) is 4. The van der Waals surface area contributed by atoms with E-state index in [1.165, 1.54) is 0 Å². The van der Waals surface area contributed by atoms with E-state index in [4.69, 9.17) is 5.73 Å². The Hall–Kier alpha value is -1.44. The van der Waals surface area contributed by atoms with Gasteiger partial charge in [0.25, 0.3) is 0 Å². The summed E-state index contributed by atoms with van der Waals surface area (Å²) in [5.41, 5.74) is 6.38. The molecule has 1 aromatic carbocycles. The number of sulfonamides is 1. The fourth-order valence-corrected chi connectivity index (χ4v) is 4.44. The summed E-state index contributed by atoms with van der Waals surface area (Å²) in [6, 6.07) is 6.91. The lowest BCUT2D eigenvalue weighted by Crippen LogP contribution is -2.35. The summed E-state index contributed by atoms with van der Waals surface area (Å²) >= 11 is 0. The molecule has 0 bridgehead atoms. The van der Waals surface area contributed by atoms with Crippen LogP contribution in [0.5, 0.6) is 0 Å². The van der Waals surface area contributed by atoms with Gasteiger partial charge in [-0.05, 0) is 56.3 Å². The van der Waals surface area contributed by atoms with E-state index in [0.717, 1.165) is 37.7 Å². The molecule has 1 aliphatic heterocycles. The number of benzene rings is 1. The topological polar surface area (TPSA) is 92.5 Å². The van der Waals surface area contributed by atoms with Crippen molar-refractivity contribution in [2.45, 2.75) is 49.8 Å². The minimum absolute atomic E-state index is 0.0158. The molecule has 1 saturated heterocycles. The summed E-state index contributed by atoms with van der Waals surface area (Å²) in [5, 5.41) is 2.87. The van der Waals surface area contributed by atoms with Crippen LogP contribution in [0.3, 0.4) is 0 Å². The lowest BCUT2D eigenvalue weighted by Gasteiger charge is -2.25. The molecule has 1 heterocycles. The van der Waals surface area contributed by atoms with Crippen molar-refractivity contribution in [2.24, 2.45) is 5.73 Å². The molecule has 1 aromatic rings. The van der Waals surface area contributed by atoms with Crippen molar-refractivity contribution in [1.82, 2.24) is 9.62 Å². The summed E-state index contributed by atoms with van der Waals surface area (Å²) in [4.78, 5) is 12.1. The van der Waals surface area contributed by atoms with E-state index in [2.05, 4.69) is 5.32 Å². The van der Waals surface area contributed by atoms with Crippen LogP contribution in [0.2, 0.25) is 0 Å². The van der Waals surface area contributed by atoms with Gasteiger partial charge in [-0.3, -0.25) is 4.79 Å². The van der Waals surface area contributed by atoms with Gasteiger partial charge in [-0.2, -0.15) is 4.31 Å². The fourth-order valence-electron chi connectivity index (χ4n) is 2.93. The average Bonchev–Trinajstić information content (AvgIpc) is 2.64. The molecule has 0 aliphatic carbocycles. The number of aryl methyl sites for hydroxylation is 1. The number of nitrogens with one attached hydrogen (secondary N) is 1. The molecular formula is C18H29N3O3S. The third-order valence-electron chi connectivity index (χ3n) is 4.47. The predicted octanol–water partition coefficient (Wildman–Crippen LogP) is 1.65.